The lowest BCUT2D eigenvalue weighted by Crippen LogP contribution is -2.13. The summed E-state index contributed by atoms with van der Waals surface area (Å²) in [7, 11) is 0. The molecule has 1 aromatic carbocycles. The van der Waals surface area contributed by atoms with Gasteiger partial charge in [0.1, 0.15) is 12.3 Å². The Balaban J connectivity index is 2.07. The van der Waals surface area contributed by atoms with Crippen LogP contribution in [0.4, 0.5) is 5.69 Å². The minimum Gasteiger partial charge on any atom is -0.384 e. The van der Waals surface area contributed by atoms with Gasteiger partial charge < -0.3 is 20.4 Å². The minimum atomic E-state index is -0.431. The summed E-state index contributed by atoms with van der Waals surface area (Å²) in [5.74, 6) is 4.86. The molecule has 0 spiro atoms. The fourth-order valence-electron chi connectivity index (χ4n) is 1.43. The highest BCUT2D eigenvalue weighted by Gasteiger charge is 2.07. The molecule has 0 bridgehead atoms. The molecule has 6 heteroatoms. The predicted octanol–water partition coefficient (Wildman–Crippen LogP) is 0.299. The third-order valence-electron chi connectivity index (χ3n) is 2.29. The lowest BCUT2D eigenvalue weighted by atomic mass is 10.2. The van der Waals surface area contributed by atoms with Crippen molar-refractivity contribution in [2.75, 3.05) is 11.9 Å². The molecule has 6 nitrogen and oxygen atoms in total. The Morgan fingerprint density at radius 3 is 2.63 bits per heavy atom. The largest absolute Gasteiger partial charge is 0.384 e. The fourth-order valence-corrected chi connectivity index (χ4v) is 1.43. The van der Waals surface area contributed by atoms with E-state index in [1.54, 1.807) is 24.3 Å². The quantitative estimate of drug-likeness (QED) is 0.582. The Kier molecular flexibility index (Phi) is 3.81. The van der Waals surface area contributed by atoms with E-state index in [2.05, 4.69) is 27.1 Å². The van der Waals surface area contributed by atoms with Gasteiger partial charge in [-0.1, -0.05) is 11.8 Å². The molecule has 1 heterocycles. The Morgan fingerprint density at radius 2 is 2.05 bits per heavy atom. The van der Waals surface area contributed by atoms with Gasteiger partial charge in [-0.2, -0.15) is 0 Å². The number of nitrogens with one attached hydrogen (secondary N) is 3. The highest BCUT2D eigenvalue weighted by Crippen LogP contribution is 2.09. The van der Waals surface area contributed by atoms with Crippen LogP contribution in [-0.4, -0.2) is 27.6 Å². The highest BCUT2D eigenvalue weighted by atomic mass is 16.2. The minimum absolute atomic E-state index is 0.161. The summed E-state index contributed by atoms with van der Waals surface area (Å²) >= 11 is 0. The topological polar surface area (TPSA) is 98.0 Å². The van der Waals surface area contributed by atoms with E-state index >= 15 is 0 Å². The maximum atomic E-state index is 11.7. The first-order valence-electron chi connectivity index (χ1n) is 5.48. The first-order valence-corrected chi connectivity index (χ1v) is 5.48. The second-order valence-corrected chi connectivity index (χ2v) is 3.65. The van der Waals surface area contributed by atoms with E-state index in [1.807, 2.05) is 0 Å². The number of aromatic nitrogens is 2. The molecule has 1 aromatic heterocycles. The number of hydrogen-bond acceptors (Lipinski definition) is 3. The van der Waals surface area contributed by atoms with Crippen molar-refractivity contribution < 1.29 is 9.90 Å². The van der Waals surface area contributed by atoms with Crippen LogP contribution in [0.15, 0.2) is 35.3 Å². The molecule has 0 unspecified atom stereocenters. The Hall–Kier alpha value is -2.78. The number of aliphatic hydroxyl groups is 1. The van der Waals surface area contributed by atoms with Crippen LogP contribution in [0.1, 0.15) is 16.1 Å². The Morgan fingerprint density at radius 1 is 1.32 bits per heavy atom. The van der Waals surface area contributed by atoms with Crippen molar-refractivity contribution in [2.24, 2.45) is 0 Å². The lowest BCUT2D eigenvalue weighted by Gasteiger charge is -2.03. The normalized spacial score (nSPS) is 9.53. The summed E-state index contributed by atoms with van der Waals surface area (Å²) in [4.78, 5) is 27.3. The van der Waals surface area contributed by atoms with Crippen LogP contribution < -0.4 is 11.0 Å². The van der Waals surface area contributed by atoms with Crippen LogP contribution in [0.2, 0.25) is 0 Å². The maximum absolute atomic E-state index is 11.7. The third kappa shape index (κ3) is 3.34. The van der Waals surface area contributed by atoms with E-state index in [-0.39, 0.29) is 12.3 Å². The van der Waals surface area contributed by atoms with Gasteiger partial charge in [-0.3, -0.25) is 4.79 Å². The molecule has 0 radical (unpaired) electrons. The van der Waals surface area contributed by atoms with Gasteiger partial charge in [0, 0.05) is 17.4 Å². The zero-order valence-corrected chi connectivity index (χ0v) is 9.86. The van der Waals surface area contributed by atoms with Crippen molar-refractivity contribution in [3.05, 3.63) is 52.2 Å². The van der Waals surface area contributed by atoms with E-state index in [1.165, 1.54) is 6.20 Å². The van der Waals surface area contributed by atoms with Gasteiger partial charge in [0.05, 0.1) is 0 Å². The van der Waals surface area contributed by atoms with Crippen LogP contribution in [-0.2, 0) is 0 Å². The second kappa shape index (κ2) is 5.71. The van der Waals surface area contributed by atoms with E-state index in [0.29, 0.717) is 5.69 Å². The number of hydrogen-bond donors (Lipinski definition) is 4. The predicted molar refractivity (Wildman–Crippen MR) is 69.8 cm³/mol. The first-order chi connectivity index (χ1) is 9.19. The zero-order chi connectivity index (χ0) is 13.7. The highest BCUT2D eigenvalue weighted by molar-refractivity contribution is 6.02. The molecule has 2 aromatic rings. The van der Waals surface area contributed by atoms with Crippen molar-refractivity contribution in [2.45, 2.75) is 0 Å². The molecule has 2 rings (SSSR count). The van der Waals surface area contributed by atoms with Crippen molar-refractivity contribution >= 4 is 11.6 Å². The van der Waals surface area contributed by atoms with Gasteiger partial charge in [-0.15, -0.1) is 0 Å². The summed E-state index contributed by atoms with van der Waals surface area (Å²) in [5, 5.41) is 11.2. The van der Waals surface area contributed by atoms with Gasteiger partial charge in [0.15, 0.2) is 0 Å². The SMILES string of the molecule is O=C(Nc1ccc(C#CCO)cc1)c1c[nH]c(=O)[nH]1. The number of carbonyl (C=O) groups excluding carboxylic acids is 1. The van der Waals surface area contributed by atoms with Crippen molar-refractivity contribution in [1.29, 1.82) is 0 Å². The molecule has 0 aliphatic rings. The summed E-state index contributed by atoms with van der Waals surface area (Å²) in [6.45, 7) is -0.195. The van der Waals surface area contributed by atoms with Crippen molar-refractivity contribution in [3.63, 3.8) is 0 Å². The molecule has 0 aliphatic heterocycles. The van der Waals surface area contributed by atoms with E-state index in [9.17, 15) is 9.59 Å². The molecule has 0 fully saturated rings. The average molecular weight is 257 g/mol. The van der Waals surface area contributed by atoms with Crippen molar-refractivity contribution in [3.8, 4) is 11.8 Å². The van der Waals surface area contributed by atoms with Gasteiger partial charge in [-0.25, -0.2) is 4.79 Å². The molecule has 19 heavy (non-hydrogen) atoms. The van der Waals surface area contributed by atoms with Crippen LogP contribution in [0, 0.1) is 11.8 Å². The van der Waals surface area contributed by atoms with Gasteiger partial charge in [0.25, 0.3) is 5.91 Å². The van der Waals surface area contributed by atoms with Crippen LogP contribution in [0.3, 0.4) is 0 Å². The van der Waals surface area contributed by atoms with Gasteiger partial charge >= 0.3 is 5.69 Å². The third-order valence-corrected chi connectivity index (χ3v) is 2.29. The standard InChI is InChI=1S/C13H11N3O3/c17-7-1-2-9-3-5-10(6-4-9)15-12(18)11-8-14-13(19)16-11/h3-6,8,17H,7H2,(H,15,18)(H2,14,16,19). The van der Waals surface area contributed by atoms with Gasteiger partial charge in [-0.05, 0) is 24.3 Å². The van der Waals surface area contributed by atoms with E-state index in [0.717, 1.165) is 5.56 Å². The average Bonchev–Trinajstić information content (AvgIpc) is 2.85. The first kappa shape index (κ1) is 12.7. The van der Waals surface area contributed by atoms with Crippen LogP contribution >= 0.6 is 0 Å². The van der Waals surface area contributed by atoms with Crippen LogP contribution in [0.5, 0.6) is 0 Å². The lowest BCUT2D eigenvalue weighted by molar-refractivity contribution is 0.102. The number of rotatable bonds is 2. The molecule has 4 N–H and O–H groups in total. The van der Waals surface area contributed by atoms with Crippen LogP contribution in [0.25, 0.3) is 0 Å². The van der Waals surface area contributed by atoms with E-state index in [4.69, 9.17) is 5.11 Å². The zero-order valence-electron chi connectivity index (χ0n) is 9.86. The molecule has 96 valence electrons. The Labute approximate surface area is 108 Å². The maximum Gasteiger partial charge on any atom is 0.323 e. The molecular weight excluding hydrogens is 246 g/mol. The number of H-pyrrole nitrogens is 2. The molecule has 0 saturated heterocycles. The summed E-state index contributed by atoms with van der Waals surface area (Å²) in [6, 6.07) is 6.81. The molecule has 0 atom stereocenters. The molecule has 1 amide bonds. The summed E-state index contributed by atoms with van der Waals surface area (Å²) < 4.78 is 0. The van der Waals surface area contributed by atoms with E-state index < -0.39 is 11.6 Å². The molecule has 0 aliphatic carbocycles. The molecule has 0 saturated carbocycles. The number of amides is 1. The summed E-state index contributed by atoms with van der Waals surface area (Å²) in [5.41, 5.74) is 1.05. The Bertz CT molecular complexity index is 686. The van der Waals surface area contributed by atoms with Crippen molar-refractivity contribution in [1.82, 2.24) is 9.97 Å². The number of benzene rings is 1. The van der Waals surface area contributed by atoms with Gasteiger partial charge in [0.2, 0.25) is 0 Å². The number of imidazole rings is 1. The number of anilines is 1. The molecular formula is C13H11N3O3. The second-order valence-electron chi connectivity index (χ2n) is 3.65. The fraction of sp³-hybridized carbons (Fsp3) is 0.0769. The number of aliphatic hydroxyl groups excluding tert-OH is 1. The number of aromatic amines is 2. The smallest absolute Gasteiger partial charge is 0.323 e. The summed E-state index contributed by atoms with van der Waals surface area (Å²) in [6.07, 6.45) is 1.30. The number of carbonyl (C=O) groups is 1. The monoisotopic (exact) mass is 257 g/mol.